The summed E-state index contributed by atoms with van der Waals surface area (Å²) in [5, 5.41) is 2.68. The average molecular weight is 451 g/mol. The standard InChI is InChI=1S/C30H29NOP/c1-30(2,3)28-21-32-29(31-28)25-18-12-20-27(25)33(23-15-8-5-9-16-23)26-19-11-10-17-24(26)22-13-6-4-7-14-22/h4-20,28H,21H2,1-3H3/t28-,33+/m0/s1. The van der Waals surface area contributed by atoms with E-state index in [1.807, 2.05) is 0 Å². The summed E-state index contributed by atoms with van der Waals surface area (Å²) in [7, 11) is -0.793. The Labute approximate surface area is 199 Å². The molecule has 0 spiro atoms. The number of benzene rings is 3. The Morgan fingerprint density at radius 3 is 2.18 bits per heavy atom. The zero-order valence-corrected chi connectivity index (χ0v) is 20.3. The highest BCUT2D eigenvalue weighted by molar-refractivity contribution is 7.76. The third-order valence-corrected chi connectivity index (χ3v) is 8.72. The van der Waals surface area contributed by atoms with Gasteiger partial charge in [0.1, 0.15) is 6.61 Å². The van der Waals surface area contributed by atoms with Crippen LogP contribution in [0.15, 0.2) is 89.9 Å². The molecule has 0 unspecified atom stereocenters. The van der Waals surface area contributed by atoms with Crippen molar-refractivity contribution in [3.8, 4) is 11.1 Å². The third-order valence-electron chi connectivity index (χ3n) is 6.16. The largest absolute Gasteiger partial charge is 0.478 e. The van der Waals surface area contributed by atoms with Gasteiger partial charge in [0.2, 0.25) is 0 Å². The van der Waals surface area contributed by atoms with Crippen molar-refractivity contribution in [1.82, 2.24) is 0 Å². The lowest BCUT2D eigenvalue weighted by atomic mass is 9.88. The molecule has 33 heavy (non-hydrogen) atoms. The minimum atomic E-state index is -0.793. The summed E-state index contributed by atoms with van der Waals surface area (Å²) in [6.07, 6.45) is 6.57. The number of rotatable bonds is 5. The highest BCUT2D eigenvalue weighted by atomic mass is 31.1. The number of aliphatic imine (C=N–C) groups is 1. The second kappa shape index (κ2) is 9.43. The van der Waals surface area contributed by atoms with Crippen LogP contribution in [0.4, 0.5) is 0 Å². The summed E-state index contributed by atoms with van der Waals surface area (Å²) in [4.78, 5) is 5.02. The Kier molecular flexibility index (Phi) is 6.39. The lowest BCUT2D eigenvalue weighted by Gasteiger charge is -2.30. The van der Waals surface area contributed by atoms with Gasteiger partial charge in [0, 0.05) is 5.66 Å². The smallest absolute Gasteiger partial charge is 0.192 e. The van der Waals surface area contributed by atoms with Gasteiger partial charge >= 0.3 is 0 Å². The predicted octanol–water partition coefficient (Wildman–Crippen LogP) is 6.36. The Morgan fingerprint density at radius 1 is 0.818 bits per heavy atom. The van der Waals surface area contributed by atoms with E-state index in [1.54, 1.807) is 0 Å². The van der Waals surface area contributed by atoms with Gasteiger partial charge in [0.15, 0.2) is 5.90 Å². The summed E-state index contributed by atoms with van der Waals surface area (Å²) in [6.45, 7) is 7.33. The molecule has 5 rings (SSSR count). The minimum Gasteiger partial charge on any atom is -0.478 e. The zero-order chi connectivity index (χ0) is 22.8. The van der Waals surface area contributed by atoms with Crippen LogP contribution in [0.2, 0.25) is 0 Å². The maximum atomic E-state index is 6.17. The molecular weight excluding hydrogens is 421 g/mol. The summed E-state index contributed by atoms with van der Waals surface area (Å²) in [5.74, 6) is 1.91. The van der Waals surface area contributed by atoms with Gasteiger partial charge in [-0.2, -0.15) is 0 Å². The highest BCUT2D eigenvalue weighted by Gasteiger charge is 2.44. The Morgan fingerprint density at radius 2 is 1.48 bits per heavy atom. The van der Waals surface area contributed by atoms with E-state index in [0.717, 1.165) is 11.8 Å². The lowest BCUT2D eigenvalue weighted by Crippen LogP contribution is -2.25. The summed E-state index contributed by atoms with van der Waals surface area (Å²) in [5.41, 5.74) is 3.90. The van der Waals surface area contributed by atoms with E-state index < -0.39 is 7.92 Å². The van der Waals surface area contributed by atoms with Crippen LogP contribution in [-0.4, -0.2) is 18.5 Å². The van der Waals surface area contributed by atoms with Crippen LogP contribution >= 0.6 is 7.92 Å². The first kappa shape index (κ1) is 22.4. The molecule has 3 heteroatoms. The number of hydrogen-bond donors (Lipinski definition) is 0. The molecule has 2 aliphatic rings. The van der Waals surface area contributed by atoms with Crippen LogP contribution in [0.1, 0.15) is 20.8 Å². The van der Waals surface area contributed by atoms with E-state index in [-0.39, 0.29) is 11.5 Å². The number of hydrogen-bond acceptors (Lipinski definition) is 2. The monoisotopic (exact) mass is 450 g/mol. The SMILES string of the molecule is CC(C)(C)[C@@H]1COC([C]2[CH][CH][CH][C]2[P@](c2ccccc2)c2ccccc2-c2ccccc2)=N1. The first-order valence-electron chi connectivity index (χ1n) is 11.5. The van der Waals surface area contributed by atoms with Crippen molar-refractivity contribution in [2.75, 3.05) is 6.61 Å². The Balaban J connectivity index is 1.58. The molecule has 165 valence electrons. The molecule has 0 saturated heterocycles. The van der Waals surface area contributed by atoms with Gasteiger partial charge in [0.25, 0.3) is 0 Å². The average Bonchev–Trinajstić information content (AvgIpc) is 3.51. The molecule has 0 aromatic heterocycles. The molecule has 5 radical (unpaired) electrons. The quantitative estimate of drug-likeness (QED) is 0.414. The molecule has 2 nitrogen and oxygen atoms in total. The van der Waals surface area contributed by atoms with Crippen LogP contribution < -0.4 is 10.6 Å². The molecule has 0 amide bonds. The Bertz CT molecular complexity index is 1100. The van der Waals surface area contributed by atoms with Crippen LogP contribution in [0.3, 0.4) is 0 Å². The molecule has 1 saturated carbocycles. The molecule has 3 aromatic rings. The molecule has 1 heterocycles. The topological polar surface area (TPSA) is 21.6 Å². The fourth-order valence-electron chi connectivity index (χ4n) is 4.27. The van der Waals surface area contributed by atoms with Gasteiger partial charge < -0.3 is 4.74 Å². The van der Waals surface area contributed by atoms with Crippen molar-refractivity contribution in [3.05, 3.63) is 116 Å². The van der Waals surface area contributed by atoms with E-state index in [4.69, 9.17) is 9.73 Å². The molecule has 0 bridgehead atoms. The van der Waals surface area contributed by atoms with E-state index >= 15 is 0 Å². The first-order valence-corrected chi connectivity index (χ1v) is 12.8. The van der Waals surface area contributed by atoms with Gasteiger partial charge in [-0.1, -0.05) is 106 Å². The van der Waals surface area contributed by atoms with Gasteiger partial charge in [0.05, 0.1) is 12.0 Å². The fraction of sp³-hybridized carbons (Fsp3) is 0.200. The molecule has 0 N–H and O–H groups in total. The molecule has 1 fully saturated rings. The van der Waals surface area contributed by atoms with Crippen molar-refractivity contribution in [2.24, 2.45) is 10.4 Å². The number of ether oxygens (including phenoxy) is 1. The maximum absolute atomic E-state index is 6.17. The first-order chi connectivity index (χ1) is 16.0. The van der Waals surface area contributed by atoms with Crippen LogP contribution in [0, 0.1) is 36.3 Å². The van der Waals surface area contributed by atoms with Crippen molar-refractivity contribution in [3.63, 3.8) is 0 Å². The van der Waals surface area contributed by atoms with Gasteiger partial charge in [-0.3, -0.25) is 0 Å². The molecule has 1 aliphatic carbocycles. The van der Waals surface area contributed by atoms with Gasteiger partial charge in [-0.25, -0.2) is 4.99 Å². The second-order valence-corrected chi connectivity index (χ2v) is 11.7. The molecular formula is C30H29NOP. The Hall–Kier alpha value is -2.44. The van der Waals surface area contributed by atoms with Gasteiger partial charge in [-0.05, 0) is 54.3 Å². The van der Waals surface area contributed by atoms with Crippen molar-refractivity contribution >= 4 is 24.4 Å². The normalized spacial score (nSPS) is 20.5. The zero-order valence-electron chi connectivity index (χ0n) is 19.4. The molecule has 1 aliphatic heterocycles. The van der Waals surface area contributed by atoms with E-state index in [2.05, 4.69) is 125 Å². The number of nitrogens with zero attached hydrogens (tertiary/aromatic N) is 1. The van der Waals surface area contributed by atoms with Crippen LogP contribution in [-0.2, 0) is 4.74 Å². The van der Waals surface area contributed by atoms with Crippen LogP contribution in [0.25, 0.3) is 11.1 Å². The van der Waals surface area contributed by atoms with E-state index in [0.29, 0.717) is 6.61 Å². The van der Waals surface area contributed by atoms with Crippen LogP contribution in [0.5, 0.6) is 0 Å². The van der Waals surface area contributed by atoms with Crippen molar-refractivity contribution in [2.45, 2.75) is 26.8 Å². The molecule has 2 atom stereocenters. The van der Waals surface area contributed by atoms with Gasteiger partial charge in [-0.15, -0.1) is 0 Å². The fourth-order valence-corrected chi connectivity index (χ4v) is 6.88. The van der Waals surface area contributed by atoms with Crippen molar-refractivity contribution in [1.29, 1.82) is 0 Å². The van der Waals surface area contributed by atoms with E-state index in [9.17, 15) is 0 Å². The minimum absolute atomic E-state index is 0.0819. The summed E-state index contributed by atoms with van der Waals surface area (Å²) in [6, 6.07) is 30.5. The summed E-state index contributed by atoms with van der Waals surface area (Å²) >= 11 is 0. The third kappa shape index (κ3) is 4.64. The maximum Gasteiger partial charge on any atom is 0.192 e. The van der Waals surface area contributed by atoms with E-state index in [1.165, 1.54) is 27.4 Å². The summed E-state index contributed by atoms with van der Waals surface area (Å²) < 4.78 is 6.17. The highest BCUT2D eigenvalue weighted by Crippen LogP contribution is 2.57. The van der Waals surface area contributed by atoms with Crippen molar-refractivity contribution < 1.29 is 4.74 Å². The molecule has 3 aromatic carbocycles. The lowest BCUT2D eigenvalue weighted by molar-refractivity contribution is 0.235. The predicted molar refractivity (Wildman–Crippen MR) is 141 cm³/mol. The second-order valence-electron chi connectivity index (χ2n) is 9.51.